The lowest BCUT2D eigenvalue weighted by atomic mass is 10.0. The molecule has 9 heteroatoms. The molecule has 1 rings (SSSR count). The van der Waals surface area contributed by atoms with Crippen LogP contribution in [-0.2, 0) is 23.9 Å². The zero-order chi connectivity index (χ0) is 47.5. The SMILES string of the molecule is CCCCCCCCCCCCCCCCCCCCCC(=O)Oc1ccc(C(CNC(C)C)OS(C)(=O)=O)cc1OC(=O)CCCCCCCCCCCCCCCCCCCCC. The maximum Gasteiger partial charge on any atom is 0.311 e. The van der Waals surface area contributed by atoms with Gasteiger partial charge in [0.2, 0.25) is 0 Å². The minimum absolute atomic E-state index is 0.0986. The number of nitrogens with one attached hydrogen (secondary N) is 1. The van der Waals surface area contributed by atoms with Crippen molar-refractivity contribution in [3.05, 3.63) is 23.8 Å². The molecule has 0 spiro atoms. The van der Waals surface area contributed by atoms with Crippen molar-refractivity contribution in [1.29, 1.82) is 0 Å². The van der Waals surface area contributed by atoms with E-state index in [1.165, 1.54) is 205 Å². The molecule has 0 saturated heterocycles. The number of carbonyl (C=O) groups is 2. The van der Waals surface area contributed by atoms with Gasteiger partial charge in [-0.25, -0.2) is 0 Å². The third-order valence-electron chi connectivity index (χ3n) is 12.8. The van der Waals surface area contributed by atoms with Gasteiger partial charge in [0, 0.05) is 25.4 Å². The average molecular weight is 935 g/mol. The van der Waals surface area contributed by atoms with Crippen LogP contribution in [0.5, 0.6) is 11.5 Å². The number of unbranched alkanes of at least 4 members (excludes halogenated alkanes) is 36. The fourth-order valence-electron chi connectivity index (χ4n) is 8.69. The summed E-state index contributed by atoms with van der Waals surface area (Å²) in [5.41, 5.74) is 0.508. The van der Waals surface area contributed by atoms with Crippen molar-refractivity contribution in [2.75, 3.05) is 12.8 Å². The Kier molecular flexibility index (Phi) is 40.7. The van der Waals surface area contributed by atoms with Gasteiger partial charge in [0.1, 0.15) is 6.10 Å². The fraction of sp³-hybridized carbons (Fsp3) is 0.857. The number of benzene rings is 1. The summed E-state index contributed by atoms with van der Waals surface area (Å²) in [4.78, 5) is 26.1. The highest BCUT2D eigenvalue weighted by Crippen LogP contribution is 2.33. The van der Waals surface area contributed by atoms with Crippen molar-refractivity contribution in [2.45, 2.75) is 297 Å². The largest absolute Gasteiger partial charge is 0.423 e. The summed E-state index contributed by atoms with van der Waals surface area (Å²) < 4.78 is 41.4. The topological polar surface area (TPSA) is 108 Å². The first-order chi connectivity index (χ1) is 31.6. The maximum absolute atomic E-state index is 13.1. The van der Waals surface area contributed by atoms with Crippen LogP contribution in [0.3, 0.4) is 0 Å². The summed E-state index contributed by atoms with van der Waals surface area (Å²) in [6.07, 6.45) is 49.8. The van der Waals surface area contributed by atoms with Crippen LogP contribution in [0.25, 0.3) is 0 Å². The predicted molar refractivity (Wildman–Crippen MR) is 276 cm³/mol. The van der Waals surface area contributed by atoms with Gasteiger partial charge in [0.15, 0.2) is 11.5 Å². The summed E-state index contributed by atoms with van der Waals surface area (Å²) in [6.45, 7) is 8.72. The lowest BCUT2D eigenvalue weighted by molar-refractivity contribution is -0.137. The zero-order valence-electron chi connectivity index (χ0n) is 43.1. The van der Waals surface area contributed by atoms with Crippen LogP contribution >= 0.6 is 0 Å². The molecule has 0 heterocycles. The smallest absolute Gasteiger partial charge is 0.311 e. The highest BCUT2D eigenvalue weighted by atomic mass is 32.2. The monoisotopic (exact) mass is 934 g/mol. The molecule has 8 nitrogen and oxygen atoms in total. The summed E-state index contributed by atoms with van der Waals surface area (Å²) in [7, 11) is -3.79. The van der Waals surface area contributed by atoms with Crippen LogP contribution < -0.4 is 14.8 Å². The summed E-state index contributed by atoms with van der Waals surface area (Å²) in [6, 6.07) is 4.93. The van der Waals surface area contributed by atoms with Gasteiger partial charge in [0.25, 0.3) is 10.1 Å². The molecule has 0 aliphatic carbocycles. The molecule has 0 radical (unpaired) electrons. The van der Waals surface area contributed by atoms with Crippen molar-refractivity contribution < 1.29 is 31.7 Å². The van der Waals surface area contributed by atoms with Crippen molar-refractivity contribution in [3.63, 3.8) is 0 Å². The molecule has 1 unspecified atom stereocenters. The highest BCUT2D eigenvalue weighted by molar-refractivity contribution is 7.86. The third kappa shape index (κ3) is 39.7. The molecule has 1 aromatic rings. The number of carbonyl (C=O) groups excluding carboxylic acids is 2. The fourth-order valence-corrected chi connectivity index (χ4v) is 9.29. The molecule has 0 aliphatic rings. The van der Waals surface area contributed by atoms with Crippen molar-refractivity contribution in [2.24, 2.45) is 0 Å². The van der Waals surface area contributed by atoms with Gasteiger partial charge in [0.05, 0.1) is 6.26 Å². The van der Waals surface area contributed by atoms with Gasteiger partial charge in [-0.05, 0) is 30.5 Å². The number of hydrogen-bond acceptors (Lipinski definition) is 8. The Morgan fingerprint density at radius 2 is 0.754 bits per heavy atom. The van der Waals surface area contributed by atoms with Gasteiger partial charge >= 0.3 is 11.9 Å². The molecule has 1 aromatic carbocycles. The van der Waals surface area contributed by atoms with Gasteiger partial charge in [-0.15, -0.1) is 0 Å². The Labute approximate surface area is 402 Å². The maximum atomic E-state index is 13.1. The van der Waals surface area contributed by atoms with E-state index < -0.39 is 22.2 Å². The standard InChI is InChI=1S/C56H103NO7S/c1-6-8-10-12-14-16-18-20-22-24-26-28-30-32-34-36-38-40-42-44-55(58)62-52-47-46-51(54(49-57-50(3)4)64-65(5,60)61)48-53(52)63-56(59)45-43-41-39-37-35-33-31-29-27-25-23-21-19-17-15-13-11-9-7-2/h46-48,50,54,57H,6-45,49H2,1-5H3. The Hall–Kier alpha value is -1.97. The van der Waals surface area contributed by atoms with Crippen LogP contribution in [0.15, 0.2) is 18.2 Å². The average Bonchev–Trinajstić information content (AvgIpc) is 3.26. The molecular weight excluding hydrogens is 831 g/mol. The van der Waals surface area contributed by atoms with E-state index in [4.69, 9.17) is 13.7 Å². The van der Waals surface area contributed by atoms with Crippen LogP contribution in [0, 0.1) is 0 Å². The van der Waals surface area contributed by atoms with E-state index in [0.717, 1.165) is 44.8 Å². The predicted octanol–water partition coefficient (Wildman–Crippen LogP) is 17.2. The molecular formula is C56H103NO7S. The van der Waals surface area contributed by atoms with E-state index in [9.17, 15) is 18.0 Å². The van der Waals surface area contributed by atoms with Crippen molar-refractivity contribution in [3.8, 4) is 11.5 Å². The Balaban J connectivity index is 2.41. The second-order valence-corrected chi connectivity index (χ2v) is 21.3. The van der Waals surface area contributed by atoms with Crippen LogP contribution in [0.4, 0.5) is 0 Å². The number of esters is 2. The quantitative estimate of drug-likeness (QED) is 0.0298. The normalized spacial score (nSPS) is 12.3. The third-order valence-corrected chi connectivity index (χ3v) is 13.3. The van der Waals surface area contributed by atoms with E-state index in [1.807, 2.05) is 13.8 Å². The van der Waals surface area contributed by atoms with Crippen LogP contribution in [0.1, 0.15) is 296 Å². The number of ether oxygens (including phenoxy) is 2. The van der Waals surface area contributed by atoms with E-state index in [-0.39, 0.29) is 42.9 Å². The lowest BCUT2D eigenvalue weighted by Crippen LogP contribution is -2.30. The van der Waals surface area contributed by atoms with Gasteiger partial charge in [-0.2, -0.15) is 8.42 Å². The van der Waals surface area contributed by atoms with Crippen LogP contribution in [0.2, 0.25) is 0 Å². The van der Waals surface area contributed by atoms with Crippen molar-refractivity contribution in [1.82, 2.24) is 5.32 Å². The molecule has 65 heavy (non-hydrogen) atoms. The Bertz CT molecular complexity index is 1370. The van der Waals surface area contributed by atoms with Crippen molar-refractivity contribution >= 4 is 22.1 Å². The number of rotatable bonds is 48. The summed E-state index contributed by atoms with van der Waals surface area (Å²) in [5, 5.41) is 3.23. The second kappa shape index (κ2) is 43.3. The Morgan fingerprint density at radius 3 is 1.05 bits per heavy atom. The van der Waals surface area contributed by atoms with Gasteiger partial charge < -0.3 is 14.8 Å². The van der Waals surface area contributed by atoms with Crippen LogP contribution in [-0.4, -0.2) is 39.2 Å². The minimum atomic E-state index is -3.79. The molecule has 0 amide bonds. The van der Waals surface area contributed by atoms with Gasteiger partial charge in [-0.1, -0.05) is 265 Å². The summed E-state index contributed by atoms with van der Waals surface area (Å²) in [5.74, 6) is -0.496. The molecule has 0 saturated carbocycles. The van der Waals surface area contributed by atoms with E-state index in [2.05, 4.69) is 19.2 Å². The second-order valence-electron chi connectivity index (χ2n) is 19.7. The molecule has 1 N–H and O–H groups in total. The Morgan fingerprint density at radius 1 is 0.462 bits per heavy atom. The zero-order valence-corrected chi connectivity index (χ0v) is 44.0. The lowest BCUT2D eigenvalue weighted by Gasteiger charge is -2.20. The molecule has 380 valence electrons. The molecule has 0 bridgehead atoms. The summed E-state index contributed by atoms with van der Waals surface area (Å²) >= 11 is 0. The van der Waals surface area contributed by atoms with E-state index in [1.54, 1.807) is 18.2 Å². The first kappa shape index (κ1) is 61.0. The number of hydrogen-bond donors (Lipinski definition) is 1. The van der Waals surface area contributed by atoms with E-state index in [0.29, 0.717) is 5.56 Å². The highest BCUT2D eigenvalue weighted by Gasteiger charge is 2.22. The first-order valence-corrected chi connectivity index (χ1v) is 29.5. The minimum Gasteiger partial charge on any atom is -0.423 e. The molecule has 0 aromatic heterocycles. The molecule has 0 fully saturated rings. The van der Waals surface area contributed by atoms with E-state index >= 15 is 0 Å². The van der Waals surface area contributed by atoms with Gasteiger partial charge in [-0.3, -0.25) is 13.8 Å². The molecule has 1 atom stereocenters. The first-order valence-electron chi connectivity index (χ1n) is 27.7. The molecule has 0 aliphatic heterocycles.